The molecule has 8 heteroatoms. The Kier molecular flexibility index (Phi) is 8.20. The van der Waals surface area contributed by atoms with Crippen molar-refractivity contribution >= 4 is 11.8 Å². The average molecular weight is 502 g/mol. The molecule has 0 fully saturated rings. The van der Waals surface area contributed by atoms with Crippen LogP contribution in [0, 0.1) is 5.92 Å². The van der Waals surface area contributed by atoms with Gasteiger partial charge in [-0.2, -0.15) is 0 Å². The third-order valence-corrected chi connectivity index (χ3v) is 5.79. The van der Waals surface area contributed by atoms with Gasteiger partial charge in [-0.3, -0.25) is 9.59 Å². The second-order valence-corrected chi connectivity index (χ2v) is 8.13. The van der Waals surface area contributed by atoms with Crippen molar-refractivity contribution in [3.05, 3.63) is 95.9 Å². The topological polar surface area (TPSA) is 97.1 Å². The minimum Gasteiger partial charge on any atom is -0.496 e. The van der Waals surface area contributed by atoms with Gasteiger partial charge in [-0.1, -0.05) is 42.5 Å². The van der Waals surface area contributed by atoms with Gasteiger partial charge in [0.1, 0.15) is 24.5 Å². The fourth-order valence-electron chi connectivity index (χ4n) is 3.86. The lowest BCUT2D eigenvalue weighted by Gasteiger charge is -2.14. The van der Waals surface area contributed by atoms with Gasteiger partial charge in [0.2, 0.25) is 5.89 Å². The predicted molar refractivity (Wildman–Crippen MR) is 136 cm³/mol. The predicted octanol–water partition coefficient (Wildman–Crippen LogP) is 5.15. The van der Waals surface area contributed by atoms with Crippen LogP contribution in [0.25, 0.3) is 11.5 Å². The van der Waals surface area contributed by atoms with Crippen LogP contribution in [0.5, 0.6) is 17.2 Å². The van der Waals surface area contributed by atoms with Crippen molar-refractivity contribution in [3.8, 4) is 28.7 Å². The van der Waals surface area contributed by atoms with Crippen molar-refractivity contribution in [1.29, 1.82) is 0 Å². The second kappa shape index (κ2) is 11.9. The Labute approximate surface area is 214 Å². The first-order chi connectivity index (χ1) is 18.0. The van der Waals surface area contributed by atoms with E-state index in [4.69, 9.17) is 23.4 Å². The van der Waals surface area contributed by atoms with Crippen LogP contribution < -0.4 is 14.2 Å². The number of esters is 1. The summed E-state index contributed by atoms with van der Waals surface area (Å²) in [6.45, 7) is 0.364. The summed E-state index contributed by atoms with van der Waals surface area (Å²) in [6.07, 6.45) is 1.43. The normalized spacial score (nSPS) is 11.4. The van der Waals surface area contributed by atoms with Crippen molar-refractivity contribution in [2.24, 2.45) is 5.92 Å². The number of hydrogen-bond acceptors (Lipinski definition) is 8. The van der Waals surface area contributed by atoms with E-state index in [1.165, 1.54) is 20.5 Å². The van der Waals surface area contributed by atoms with Crippen molar-refractivity contribution in [2.75, 3.05) is 21.3 Å². The zero-order valence-electron chi connectivity index (χ0n) is 20.8. The highest BCUT2D eigenvalue weighted by atomic mass is 16.5. The quantitative estimate of drug-likeness (QED) is 0.158. The number of carbonyl (C=O) groups is 2. The van der Waals surface area contributed by atoms with Crippen molar-refractivity contribution < 1.29 is 33.0 Å². The number of hydrogen-bond donors (Lipinski definition) is 0. The van der Waals surface area contributed by atoms with Crippen LogP contribution in [-0.4, -0.2) is 38.1 Å². The molecule has 37 heavy (non-hydrogen) atoms. The number of para-hydroxylation sites is 1. The van der Waals surface area contributed by atoms with E-state index in [0.717, 1.165) is 5.56 Å². The highest BCUT2D eigenvalue weighted by molar-refractivity contribution is 6.10. The van der Waals surface area contributed by atoms with Crippen LogP contribution in [0.4, 0.5) is 0 Å². The van der Waals surface area contributed by atoms with Crippen LogP contribution in [0.15, 0.2) is 83.5 Å². The zero-order valence-corrected chi connectivity index (χ0v) is 20.8. The minimum absolute atomic E-state index is 0.000570. The number of Topliss-reactive ketones (excluding diaryl/α,β-unsaturated/α-hetero) is 1. The monoisotopic (exact) mass is 501 g/mol. The number of oxazole rings is 1. The van der Waals surface area contributed by atoms with Crippen molar-refractivity contribution in [3.63, 3.8) is 0 Å². The summed E-state index contributed by atoms with van der Waals surface area (Å²) in [7, 11) is 4.28. The van der Waals surface area contributed by atoms with E-state index in [1.54, 1.807) is 49.6 Å². The molecule has 0 bridgehead atoms. The van der Waals surface area contributed by atoms with E-state index in [9.17, 15) is 9.59 Å². The van der Waals surface area contributed by atoms with Gasteiger partial charge in [0, 0.05) is 12.0 Å². The summed E-state index contributed by atoms with van der Waals surface area (Å²) in [6, 6.07) is 21.8. The smallest absolute Gasteiger partial charge is 0.316 e. The molecule has 1 unspecified atom stereocenters. The van der Waals surface area contributed by atoms with Gasteiger partial charge in [-0.15, -0.1) is 0 Å². The van der Waals surface area contributed by atoms with E-state index in [0.29, 0.717) is 46.6 Å². The molecular weight excluding hydrogens is 474 g/mol. The van der Waals surface area contributed by atoms with E-state index >= 15 is 0 Å². The van der Waals surface area contributed by atoms with Crippen molar-refractivity contribution in [2.45, 2.75) is 13.0 Å². The molecule has 0 aliphatic carbocycles. The van der Waals surface area contributed by atoms with Crippen molar-refractivity contribution in [1.82, 2.24) is 4.98 Å². The molecule has 1 heterocycles. The minimum atomic E-state index is -1.11. The highest BCUT2D eigenvalue weighted by Gasteiger charge is 2.31. The lowest BCUT2D eigenvalue weighted by Crippen LogP contribution is -2.28. The third kappa shape index (κ3) is 5.98. The zero-order chi connectivity index (χ0) is 26.2. The molecule has 0 aliphatic rings. The Morgan fingerprint density at radius 2 is 1.59 bits per heavy atom. The maximum atomic E-state index is 13.2. The Bertz CT molecular complexity index is 1360. The average Bonchev–Trinajstić information content (AvgIpc) is 3.43. The Morgan fingerprint density at radius 3 is 2.32 bits per heavy atom. The van der Waals surface area contributed by atoms with E-state index in [1.807, 2.05) is 30.3 Å². The second-order valence-electron chi connectivity index (χ2n) is 8.13. The van der Waals surface area contributed by atoms with Crippen LogP contribution in [0.2, 0.25) is 0 Å². The highest BCUT2D eigenvalue weighted by Crippen LogP contribution is 2.33. The molecule has 0 saturated heterocycles. The van der Waals surface area contributed by atoms with Gasteiger partial charge < -0.3 is 23.4 Å². The molecule has 0 amide bonds. The third-order valence-electron chi connectivity index (χ3n) is 5.79. The van der Waals surface area contributed by atoms with E-state index in [2.05, 4.69) is 4.98 Å². The first kappa shape index (κ1) is 25.5. The number of rotatable bonds is 11. The standard InChI is InChI=1S/C29H27NO7/c1-33-24-12-8-7-11-22(24)27(31)23(29(32)35-3)16-21-18-37-28(30-21)20-13-14-25(34-2)26(15-20)36-17-19-9-5-4-6-10-19/h4-15,18,23H,16-17H2,1-3H3. The Balaban J connectivity index is 1.55. The molecule has 190 valence electrons. The summed E-state index contributed by atoms with van der Waals surface area (Å²) in [5.41, 5.74) is 2.39. The first-order valence-electron chi connectivity index (χ1n) is 11.6. The molecule has 0 saturated carbocycles. The lowest BCUT2D eigenvalue weighted by atomic mass is 9.93. The number of nitrogens with zero attached hydrogens (tertiary/aromatic N) is 1. The van der Waals surface area contributed by atoms with Gasteiger partial charge >= 0.3 is 5.97 Å². The van der Waals surface area contributed by atoms with Crippen LogP contribution in [0.3, 0.4) is 0 Å². The van der Waals surface area contributed by atoms with E-state index in [-0.39, 0.29) is 6.42 Å². The molecule has 8 nitrogen and oxygen atoms in total. The molecule has 4 rings (SSSR count). The van der Waals surface area contributed by atoms with E-state index < -0.39 is 17.7 Å². The Morgan fingerprint density at radius 1 is 0.865 bits per heavy atom. The molecule has 0 N–H and O–H groups in total. The largest absolute Gasteiger partial charge is 0.496 e. The maximum Gasteiger partial charge on any atom is 0.316 e. The molecule has 4 aromatic rings. The SMILES string of the molecule is COC(=O)C(Cc1coc(-c2ccc(OC)c(OCc3ccccc3)c2)n1)C(=O)c1ccccc1OC. The molecule has 0 radical (unpaired) electrons. The number of carbonyl (C=O) groups excluding carboxylic acids is 2. The molecule has 1 atom stereocenters. The first-order valence-corrected chi connectivity index (χ1v) is 11.6. The Hall–Kier alpha value is -4.59. The fourth-order valence-corrected chi connectivity index (χ4v) is 3.86. The number of ether oxygens (including phenoxy) is 4. The number of ketones is 1. The molecule has 0 spiro atoms. The van der Waals surface area contributed by atoms with Gasteiger partial charge in [0.05, 0.1) is 32.6 Å². The van der Waals surface area contributed by atoms with Crippen LogP contribution >= 0.6 is 0 Å². The lowest BCUT2D eigenvalue weighted by molar-refractivity contribution is -0.143. The van der Waals surface area contributed by atoms with Gasteiger partial charge in [-0.25, -0.2) is 4.98 Å². The van der Waals surface area contributed by atoms with Crippen LogP contribution in [0.1, 0.15) is 21.6 Å². The van der Waals surface area contributed by atoms with Gasteiger partial charge in [0.25, 0.3) is 0 Å². The van der Waals surface area contributed by atoms with Gasteiger partial charge in [0.15, 0.2) is 17.3 Å². The summed E-state index contributed by atoms with van der Waals surface area (Å²) in [5.74, 6) is -0.405. The molecular formula is C29H27NO7. The van der Waals surface area contributed by atoms with Crippen LogP contribution in [-0.2, 0) is 22.6 Å². The molecule has 1 aromatic heterocycles. The fraction of sp³-hybridized carbons (Fsp3) is 0.207. The van der Waals surface area contributed by atoms with Gasteiger partial charge in [-0.05, 0) is 35.9 Å². The summed E-state index contributed by atoms with van der Waals surface area (Å²) < 4.78 is 27.3. The summed E-state index contributed by atoms with van der Waals surface area (Å²) >= 11 is 0. The summed E-state index contributed by atoms with van der Waals surface area (Å²) in [4.78, 5) is 30.3. The number of benzene rings is 3. The molecule has 3 aromatic carbocycles. The molecule has 0 aliphatic heterocycles. The maximum absolute atomic E-state index is 13.2. The number of aromatic nitrogens is 1. The number of methoxy groups -OCH3 is 3. The summed E-state index contributed by atoms with van der Waals surface area (Å²) in [5, 5.41) is 0.